The molecule has 1 amide bonds. The number of primary sulfonamides is 1. The van der Waals surface area contributed by atoms with Crippen molar-refractivity contribution < 1.29 is 18.3 Å². The molecule has 0 bridgehead atoms. The van der Waals surface area contributed by atoms with E-state index in [-0.39, 0.29) is 28.3 Å². The number of nitrogens with two attached hydrogens (primary N) is 1. The minimum Gasteiger partial charge on any atom is -0.493 e. The van der Waals surface area contributed by atoms with Crippen LogP contribution < -0.4 is 16.0 Å². The predicted octanol–water partition coefficient (Wildman–Crippen LogP) is 0.244. The highest BCUT2D eigenvalue weighted by molar-refractivity contribution is 7.99. The summed E-state index contributed by atoms with van der Waals surface area (Å²) >= 11 is 1.11. The van der Waals surface area contributed by atoms with Crippen molar-refractivity contribution >= 4 is 33.4 Å². The summed E-state index contributed by atoms with van der Waals surface area (Å²) in [7, 11) is -3.77. The van der Waals surface area contributed by atoms with Gasteiger partial charge in [-0.05, 0) is 24.3 Å². The molecule has 24 heavy (non-hydrogen) atoms. The number of hydrogen-bond donors (Lipinski definition) is 4. The van der Waals surface area contributed by atoms with E-state index in [4.69, 9.17) is 5.14 Å². The van der Waals surface area contributed by atoms with Gasteiger partial charge in [0, 0.05) is 17.9 Å². The number of amides is 1. The molecule has 2 rings (SSSR count). The number of nitrogens with one attached hydrogen (secondary N) is 2. The molecule has 0 radical (unpaired) electrons. The molecule has 128 valence electrons. The molecule has 0 unspecified atom stereocenters. The van der Waals surface area contributed by atoms with Crippen molar-refractivity contribution in [1.82, 2.24) is 9.97 Å². The van der Waals surface area contributed by atoms with Crippen LogP contribution in [0.25, 0.3) is 0 Å². The second kappa shape index (κ2) is 7.47. The number of rotatable bonds is 6. The van der Waals surface area contributed by atoms with Crippen LogP contribution in [0.5, 0.6) is 5.88 Å². The highest BCUT2D eigenvalue weighted by Gasteiger charge is 2.08. The third-order valence-corrected chi connectivity index (χ3v) is 4.55. The number of carbonyl (C=O) groups excluding carboxylic acids is 1. The minimum atomic E-state index is -3.77. The largest absolute Gasteiger partial charge is 0.493 e. The lowest BCUT2D eigenvalue weighted by Crippen LogP contribution is -2.14. The molecule has 0 fully saturated rings. The number of anilines is 1. The van der Waals surface area contributed by atoms with Gasteiger partial charge in [0.05, 0.1) is 11.0 Å². The van der Waals surface area contributed by atoms with E-state index in [2.05, 4.69) is 15.3 Å². The quantitative estimate of drug-likeness (QED) is 0.419. The van der Waals surface area contributed by atoms with Crippen LogP contribution in [-0.4, -0.2) is 35.2 Å². The van der Waals surface area contributed by atoms with Gasteiger partial charge >= 0.3 is 0 Å². The molecule has 0 aliphatic carbocycles. The Hall–Kier alpha value is -2.37. The maximum absolute atomic E-state index is 11.8. The predicted molar refractivity (Wildman–Crippen MR) is 88.3 cm³/mol. The summed E-state index contributed by atoms with van der Waals surface area (Å²) < 4.78 is 22.3. The lowest BCUT2D eigenvalue weighted by atomic mass is 10.3. The zero-order valence-corrected chi connectivity index (χ0v) is 13.9. The van der Waals surface area contributed by atoms with Crippen molar-refractivity contribution in [2.45, 2.75) is 16.5 Å². The Morgan fingerprint density at radius 1 is 1.33 bits per heavy atom. The zero-order chi connectivity index (χ0) is 17.7. The lowest BCUT2D eigenvalue weighted by Gasteiger charge is -2.06. The van der Waals surface area contributed by atoms with E-state index < -0.39 is 15.6 Å². The number of H-pyrrole nitrogens is 1. The number of carbonyl (C=O) groups is 1. The fourth-order valence-corrected chi connectivity index (χ4v) is 3.01. The van der Waals surface area contributed by atoms with Crippen molar-refractivity contribution in [1.29, 1.82) is 0 Å². The van der Waals surface area contributed by atoms with E-state index in [9.17, 15) is 23.1 Å². The number of hydrogen-bond acceptors (Lipinski definition) is 7. The number of thioether (sulfide) groups is 1. The summed E-state index contributed by atoms with van der Waals surface area (Å²) in [5.41, 5.74) is -0.0503. The van der Waals surface area contributed by atoms with E-state index >= 15 is 0 Å². The van der Waals surface area contributed by atoms with Crippen molar-refractivity contribution in [3.8, 4) is 5.88 Å². The summed E-state index contributed by atoms with van der Waals surface area (Å²) in [6.07, 6.45) is 0.126. The summed E-state index contributed by atoms with van der Waals surface area (Å²) in [6, 6.07) is 6.39. The van der Waals surface area contributed by atoms with Crippen LogP contribution in [0, 0.1) is 0 Å². The van der Waals surface area contributed by atoms with Gasteiger partial charge in [-0.1, -0.05) is 11.8 Å². The summed E-state index contributed by atoms with van der Waals surface area (Å²) in [6.45, 7) is 0. The van der Waals surface area contributed by atoms with Crippen LogP contribution in [0.4, 0.5) is 5.69 Å². The van der Waals surface area contributed by atoms with Crippen LogP contribution in [0.2, 0.25) is 0 Å². The highest BCUT2D eigenvalue weighted by Crippen LogP contribution is 2.16. The first-order valence-electron chi connectivity index (χ1n) is 6.60. The zero-order valence-electron chi connectivity index (χ0n) is 12.2. The van der Waals surface area contributed by atoms with Gasteiger partial charge < -0.3 is 15.4 Å². The summed E-state index contributed by atoms with van der Waals surface area (Å²) in [5.74, 6) is -0.359. The Balaban J connectivity index is 1.86. The molecule has 0 aliphatic rings. The molecule has 0 atom stereocenters. The van der Waals surface area contributed by atoms with E-state index in [1.807, 2.05) is 0 Å². The number of aromatic hydroxyl groups is 1. The van der Waals surface area contributed by atoms with Crippen LogP contribution in [0.3, 0.4) is 0 Å². The van der Waals surface area contributed by atoms with E-state index in [1.54, 1.807) is 0 Å². The number of aromatic nitrogens is 2. The SMILES string of the molecule is NS(=O)(=O)c1ccc(NC(=O)CCSc2nc(O)cc(=O)[nH]2)cc1. The van der Waals surface area contributed by atoms with Gasteiger partial charge in [0.1, 0.15) is 0 Å². The first-order valence-corrected chi connectivity index (χ1v) is 9.13. The molecule has 0 spiro atoms. The molecule has 0 aliphatic heterocycles. The average molecular weight is 370 g/mol. The first-order chi connectivity index (χ1) is 11.2. The van der Waals surface area contributed by atoms with E-state index in [1.165, 1.54) is 24.3 Å². The topological polar surface area (TPSA) is 155 Å². The maximum Gasteiger partial charge on any atom is 0.255 e. The minimum absolute atomic E-state index is 0.0463. The third-order valence-electron chi connectivity index (χ3n) is 2.74. The molecule has 0 saturated carbocycles. The molecule has 9 nitrogen and oxygen atoms in total. The number of aromatic amines is 1. The Labute approximate surface area is 141 Å². The van der Waals surface area contributed by atoms with Gasteiger partial charge in [-0.2, -0.15) is 4.98 Å². The summed E-state index contributed by atoms with van der Waals surface area (Å²) in [5, 5.41) is 17.0. The highest BCUT2D eigenvalue weighted by atomic mass is 32.2. The van der Waals surface area contributed by atoms with Crippen molar-refractivity contribution in [2.75, 3.05) is 11.1 Å². The third kappa shape index (κ3) is 5.37. The van der Waals surface area contributed by atoms with Gasteiger partial charge in [0.2, 0.25) is 21.8 Å². The van der Waals surface area contributed by atoms with Crippen LogP contribution in [0.1, 0.15) is 6.42 Å². The van der Waals surface area contributed by atoms with Gasteiger partial charge in [0.25, 0.3) is 5.56 Å². The number of nitrogens with zero attached hydrogens (tertiary/aromatic N) is 1. The molecule has 11 heteroatoms. The van der Waals surface area contributed by atoms with Gasteiger partial charge in [-0.15, -0.1) is 0 Å². The van der Waals surface area contributed by atoms with E-state index in [0.29, 0.717) is 11.4 Å². The van der Waals surface area contributed by atoms with Crippen molar-refractivity contribution in [3.63, 3.8) is 0 Å². The monoisotopic (exact) mass is 370 g/mol. The summed E-state index contributed by atoms with van der Waals surface area (Å²) in [4.78, 5) is 29.0. The first kappa shape index (κ1) is 18.0. The molecular weight excluding hydrogens is 356 g/mol. The molecule has 1 aromatic carbocycles. The molecule has 0 saturated heterocycles. The fraction of sp³-hybridized carbons (Fsp3) is 0.154. The van der Waals surface area contributed by atoms with Crippen LogP contribution in [-0.2, 0) is 14.8 Å². The van der Waals surface area contributed by atoms with Gasteiger partial charge in [-0.3, -0.25) is 9.59 Å². The van der Waals surface area contributed by atoms with Gasteiger partial charge in [-0.25, -0.2) is 13.6 Å². The molecule has 1 aromatic heterocycles. The van der Waals surface area contributed by atoms with Crippen LogP contribution >= 0.6 is 11.8 Å². The Morgan fingerprint density at radius 2 is 2.00 bits per heavy atom. The smallest absolute Gasteiger partial charge is 0.255 e. The van der Waals surface area contributed by atoms with Crippen molar-refractivity contribution in [2.24, 2.45) is 5.14 Å². The molecule has 2 aromatic rings. The normalized spacial score (nSPS) is 11.2. The Morgan fingerprint density at radius 3 is 2.58 bits per heavy atom. The van der Waals surface area contributed by atoms with Crippen LogP contribution in [0.15, 0.2) is 45.2 Å². The van der Waals surface area contributed by atoms with E-state index in [0.717, 1.165) is 17.8 Å². The standard InChI is InChI=1S/C13H14N4O5S2/c14-24(21,22)9-3-1-8(2-4-9)15-10(18)5-6-23-13-16-11(19)7-12(20)17-13/h1-4,7H,5-6H2,(H,15,18)(H2,14,21,22)(H2,16,17,19,20). The van der Waals surface area contributed by atoms with Gasteiger partial charge in [0.15, 0.2) is 5.16 Å². The number of benzene rings is 1. The Kier molecular flexibility index (Phi) is 5.59. The number of sulfonamides is 1. The molecular formula is C13H14N4O5S2. The average Bonchev–Trinajstić information content (AvgIpc) is 2.45. The second-order valence-corrected chi connectivity index (χ2v) is 7.27. The molecule has 1 heterocycles. The fourth-order valence-electron chi connectivity index (χ4n) is 1.68. The maximum atomic E-state index is 11.8. The Bertz CT molecular complexity index is 893. The van der Waals surface area contributed by atoms with Crippen molar-refractivity contribution in [3.05, 3.63) is 40.7 Å². The second-order valence-electron chi connectivity index (χ2n) is 4.62. The molecule has 5 N–H and O–H groups in total. The lowest BCUT2D eigenvalue weighted by molar-refractivity contribution is -0.115.